The molecule has 2 atom stereocenters. The average molecular weight is 415 g/mol. The second kappa shape index (κ2) is 10.6. The number of primary amides is 1. The number of para-hydroxylation sites is 1. The first-order valence-corrected chi connectivity index (χ1v) is 9.87. The van der Waals surface area contributed by atoms with Crippen LogP contribution in [-0.4, -0.2) is 35.6 Å². The minimum absolute atomic E-state index is 0.0768. The molecule has 0 spiro atoms. The van der Waals surface area contributed by atoms with Gasteiger partial charge >= 0.3 is 0 Å². The van der Waals surface area contributed by atoms with Crippen LogP contribution in [0.2, 0.25) is 0 Å². The summed E-state index contributed by atoms with van der Waals surface area (Å²) in [6.45, 7) is 1.83. The van der Waals surface area contributed by atoms with Crippen molar-refractivity contribution in [2.24, 2.45) is 5.73 Å². The SMILES string of the molecule is CC(CC#N)Sc1ccccc1NC(=O)CN(C)C(C(N)=O)c1cccc(F)c1. The summed E-state index contributed by atoms with van der Waals surface area (Å²) in [4.78, 5) is 26.8. The minimum Gasteiger partial charge on any atom is -0.368 e. The van der Waals surface area contributed by atoms with Gasteiger partial charge in [0.25, 0.3) is 0 Å². The molecule has 2 aromatic carbocycles. The Balaban J connectivity index is 2.10. The highest BCUT2D eigenvalue weighted by atomic mass is 32.2. The van der Waals surface area contributed by atoms with Crippen molar-refractivity contribution in [1.82, 2.24) is 4.90 Å². The third kappa shape index (κ3) is 6.59. The molecule has 0 aliphatic rings. The summed E-state index contributed by atoms with van der Waals surface area (Å²) in [5.41, 5.74) is 6.50. The molecule has 2 unspecified atom stereocenters. The van der Waals surface area contributed by atoms with E-state index in [0.717, 1.165) is 4.90 Å². The van der Waals surface area contributed by atoms with E-state index in [1.54, 1.807) is 25.2 Å². The molecule has 2 rings (SSSR count). The Bertz CT molecular complexity index is 916. The zero-order valence-corrected chi connectivity index (χ0v) is 17.1. The predicted molar refractivity (Wildman–Crippen MR) is 112 cm³/mol. The summed E-state index contributed by atoms with van der Waals surface area (Å²) in [7, 11) is 1.58. The summed E-state index contributed by atoms with van der Waals surface area (Å²) >= 11 is 1.50. The van der Waals surface area contributed by atoms with Crippen LogP contribution in [0.25, 0.3) is 0 Å². The van der Waals surface area contributed by atoms with E-state index in [2.05, 4.69) is 11.4 Å². The standard InChI is InChI=1S/C21H23FN4O2S/c1-14(10-11-23)29-18-9-4-3-8-17(18)25-19(27)13-26(2)20(21(24)28)15-6-5-7-16(22)12-15/h3-9,12,14,20H,10,13H2,1-2H3,(H2,24,28)(H,25,27). The van der Waals surface area contributed by atoms with Crippen LogP contribution in [0.1, 0.15) is 24.9 Å². The molecule has 0 saturated heterocycles. The van der Waals surface area contributed by atoms with Crippen molar-refractivity contribution in [1.29, 1.82) is 5.26 Å². The molecule has 0 heterocycles. The molecular weight excluding hydrogens is 391 g/mol. The van der Waals surface area contributed by atoms with Crippen LogP contribution in [0.4, 0.5) is 10.1 Å². The summed E-state index contributed by atoms with van der Waals surface area (Å²) in [6.07, 6.45) is 0.392. The van der Waals surface area contributed by atoms with Gasteiger partial charge in [0, 0.05) is 16.6 Å². The summed E-state index contributed by atoms with van der Waals surface area (Å²) in [5.74, 6) is -1.49. The third-order valence-corrected chi connectivity index (χ3v) is 5.31. The lowest BCUT2D eigenvalue weighted by Crippen LogP contribution is -2.39. The Morgan fingerprint density at radius 3 is 2.66 bits per heavy atom. The number of nitriles is 1. The third-order valence-electron chi connectivity index (χ3n) is 4.14. The lowest BCUT2D eigenvalue weighted by atomic mass is 10.0. The minimum atomic E-state index is -0.934. The second-order valence-corrected chi connectivity index (χ2v) is 8.09. The van der Waals surface area contributed by atoms with Crippen LogP contribution in [0, 0.1) is 17.1 Å². The Labute approximate surface area is 173 Å². The number of nitrogens with one attached hydrogen (secondary N) is 1. The molecule has 0 radical (unpaired) electrons. The summed E-state index contributed by atoms with van der Waals surface area (Å²) < 4.78 is 13.5. The van der Waals surface area contributed by atoms with Gasteiger partial charge in [-0.05, 0) is 36.9 Å². The maximum Gasteiger partial charge on any atom is 0.239 e. The number of likely N-dealkylation sites (N-methyl/N-ethyl adjacent to an activating group) is 1. The van der Waals surface area contributed by atoms with E-state index in [1.165, 1.54) is 34.9 Å². The number of halogens is 1. The summed E-state index contributed by atoms with van der Waals surface area (Å²) in [5, 5.41) is 11.7. The van der Waals surface area contributed by atoms with E-state index in [0.29, 0.717) is 17.7 Å². The Morgan fingerprint density at radius 1 is 1.28 bits per heavy atom. The number of thioether (sulfide) groups is 1. The molecule has 0 aromatic heterocycles. The number of rotatable bonds is 9. The number of amides is 2. The maximum atomic E-state index is 13.5. The molecule has 6 nitrogen and oxygen atoms in total. The van der Waals surface area contributed by atoms with Crippen LogP contribution in [-0.2, 0) is 9.59 Å². The van der Waals surface area contributed by atoms with Crippen molar-refractivity contribution in [3.63, 3.8) is 0 Å². The highest BCUT2D eigenvalue weighted by Gasteiger charge is 2.25. The fourth-order valence-electron chi connectivity index (χ4n) is 2.88. The molecule has 8 heteroatoms. The zero-order chi connectivity index (χ0) is 21.4. The number of benzene rings is 2. The monoisotopic (exact) mass is 414 g/mol. The fraction of sp³-hybridized carbons (Fsp3) is 0.286. The molecule has 3 N–H and O–H groups in total. The normalized spacial score (nSPS) is 12.8. The fourth-order valence-corrected chi connectivity index (χ4v) is 3.87. The molecule has 2 aromatic rings. The van der Waals surface area contributed by atoms with Crippen LogP contribution >= 0.6 is 11.8 Å². The Kier molecular flexibility index (Phi) is 8.19. The number of nitrogens with zero attached hydrogens (tertiary/aromatic N) is 2. The Morgan fingerprint density at radius 2 is 2.00 bits per heavy atom. The van der Waals surface area contributed by atoms with Gasteiger partial charge in [0.05, 0.1) is 18.3 Å². The van der Waals surface area contributed by atoms with Crippen molar-refractivity contribution in [3.8, 4) is 6.07 Å². The molecular formula is C21H23FN4O2S. The van der Waals surface area contributed by atoms with Crippen LogP contribution < -0.4 is 11.1 Å². The van der Waals surface area contributed by atoms with E-state index >= 15 is 0 Å². The van der Waals surface area contributed by atoms with Crippen LogP contribution in [0.5, 0.6) is 0 Å². The number of anilines is 1. The van der Waals surface area contributed by atoms with Gasteiger partial charge < -0.3 is 11.1 Å². The van der Waals surface area contributed by atoms with Crippen LogP contribution in [0.15, 0.2) is 53.4 Å². The highest BCUT2D eigenvalue weighted by molar-refractivity contribution is 8.00. The second-order valence-electron chi connectivity index (χ2n) is 6.61. The topological polar surface area (TPSA) is 99.2 Å². The number of hydrogen-bond acceptors (Lipinski definition) is 5. The predicted octanol–water partition coefficient (Wildman–Crippen LogP) is 3.32. The van der Waals surface area contributed by atoms with Gasteiger partial charge in [-0.1, -0.05) is 31.2 Å². The van der Waals surface area contributed by atoms with Crippen LogP contribution in [0.3, 0.4) is 0 Å². The maximum absolute atomic E-state index is 13.5. The van der Waals surface area contributed by atoms with Crippen molar-refractivity contribution < 1.29 is 14.0 Å². The van der Waals surface area contributed by atoms with Gasteiger partial charge in [0.15, 0.2) is 0 Å². The molecule has 29 heavy (non-hydrogen) atoms. The average Bonchev–Trinajstić information content (AvgIpc) is 2.63. The van der Waals surface area contributed by atoms with Gasteiger partial charge in [-0.25, -0.2) is 4.39 Å². The van der Waals surface area contributed by atoms with Gasteiger partial charge in [-0.2, -0.15) is 5.26 Å². The Hall–Kier alpha value is -2.89. The molecule has 0 aliphatic carbocycles. The molecule has 0 fully saturated rings. The van der Waals surface area contributed by atoms with Gasteiger partial charge in [0.1, 0.15) is 11.9 Å². The molecule has 2 amide bonds. The summed E-state index contributed by atoms with van der Waals surface area (Å²) in [6, 6.07) is 14.1. The largest absolute Gasteiger partial charge is 0.368 e. The van der Waals surface area contributed by atoms with E-state index in [4.69, 9.17) is 11.0 Å². The zero-order valence-electron chi connectivity index (χ0n) is 16.3. The van der Waals surface area contributed by atoms with E-state index in [1.807, 2.05) is 19.1 Å². The molecule has 0 aliphatic heterocycles. The lowest BCUT2D eigenvalue weighted by Gasteiger charge is -2.25. The van der Waals surface area contributed by atoms with E-state index in [9.17, 15) is 14.0 Å². The quantitative estimate of drug-likeness (QED) is 0.613. The van der Waals surface area contributed by atoms with Crippen molar-refractivity contribution in [2.75, 3.05) is 18.9 Å². The first-order chi connectivity index (χ1) is 13.8. The first-order valence-electron chi connectivity index (χ1n) is 8.99. The van der Waals surface area contributed by atoms with Gasteiger partial charge in [0.2, 0.25) is 11.8 Å². The van der Waals surface area contributed by atoms with E-state index < -0.39 is 17.8 Å². The lowest BCUT2D eigenvalue weighted by molar-refractivity contribution is -0.124. The van der Waals surface area contributed by atoms with E-state index in [-0.39, 0.29) is 17.7 Å². The molecule has 0 saturated carbocycles. The van der Waals surface area contributed by atoms with Gasteiger partial charge in [-0.3, -0.25) is 14.5 Å². The van der Waals surface area contributed by atoms with Gasteiger partial charge in [-0.15, -0.1) is 11.8 Å². The highest BCUT2D eigenvalue weighted by Crippen LogP contribution is 2.31. The molecule has 152 valence electrons. The smallest absolute Gasteiger partial charge is 0.239 e. The number of hydrogen-bond donors (Lipinski definition) is 2. The number of carbonyl (C=O) groups is 2. The molecule has 0 bridgehead atoms. The van der Waals surface area contributed by atoms with Crippen molar-refractivity contribution in [2.45, 2.75) is 29.5 Å². The number of nitrogens with two attached hydrogens (primary N) is 1. The number of carbonyl (C=O) groups excluding carboxylic acids is 2. The first kappa shape index (κ1) is 22.4. The van der Waals surface area contributed by atoms with Crippen molar-refractivity contribution in [3.05, 3.63) is 59.9 Å². The van der Waals surface area contributed by atoms with Crippen molar-refractivity contribution >= 4 is 29.3 Å².